The smallest absolute Gasteiger partial charge is 0.0547 e. The van der Waals surface area contributed by atoms with Crippen LogP contribution in [0.5, 0.6) is 0 Å². The van der Waals surface area contributed by atoms with E-state index in [-0.39, 0.29) is 0 Å². The Hall–Kier alpha value is -0.340. The van der Waals surface area contributed by atoms with Crippen molar-refractivity contribution in [3.63, 3.8) is 0 Å². The molecule has 2 heteroatoms. The Balaban J connectivity index is 3.09. The van der Waals surface area contributed by atoms with Crippen LogP contribution in [0.4, 0.5) is 0 Å². The molecule has 0 aliphatic heterocycles. The lowest BCUT2D eigenvalue weighted by Gasteiger charge is -2.12. The minimum Gasteiger partial charge on any atom is -0.378 e. The SMILES string of the molecule is C=CCCCOC(C)CCCNC. The molecule has 0 heterocycles. The highest BCUT2D eigenvalue weighted by Gasteiger charge is 2.00. The number of nitrogens with one attached hydrogen (secondary N) is 1. The summed E-state index contributed by atoms with van der Waals surface area (Å²) in [6.07, 6.45) is 6.84. The van der Waals surface area contributed by atoms with Gasteiger partial charge in [-0.25, -0.2) is 0 Å². The average Bonchev–Trinajstić information content (AvgIpc) is 2.13. The van der Waals surface area contributed by atoms with E-state index in [4.69, 9.17) is 4.74 Å². The Morgan fingerprint density at radius 3 is 2.85 bits per heavy atom. The van der Waals surface area contributed by atoms with Crippen molar-refractivity contribution >= 4 is 0 Å². The molecule has 0 spiro atoms. The van der Waals surface area contributed by atoms with Crippen LogP contribution < -0.4 is 5.32 Å². The van der Waals surface area contributed by atoms with Crippen molar-refractivity contribution in [2.75, 3.05) is 20.2 Å². The van der Waals surface area contributed by atoms with E-state index >= 15 is 0 Å². The lowest BCUT2D eigenvalue weighted by molar-refractivity contribution is 0.0579. The molecule has 1 unspecified atom stereocenters. The van der Waals surface area contributed by atoms with Crippen LogP contribution in [0.1, 0.15) is 32.6 Å². The maximum atomic E-state index is 5.62. The number of allylic oxidation sites excluding steroid dienone is 1. The minimum absolute atomic E-state index is 0.401. The topological polar surface area (TPSA) is 21.3 Å². The highest BCUT2D eigenvalue weighted by Crippen LogP contribution is 2.02. The third-order valence-electron chi connectivity index (χ3n) is 1.99. The molecule has 0 rings (SSSR count). The first-order chi connectivity index (χ1) is 6.31. The van der Waals surface area contributed by atoms with Gasteiger partial charge in [0.05, 0.1) is 6.10 Å². The number of hydrogen-bond acceptors (Lipinski definition) is 2. The fourth-order valence-electron chi connectivity index (χ4n) is 1.16. The van der Waals surface area contributed by atoms with Crippen molar-refractivity contribution in [1.29, 1.82) is 0 Å². The van der Waals surface area contributed by atoms with Crippen LogP contribution >= 0.6 is 0 Å². The summed E-state index contributed by atoms with van der Waals surface area (Å²) in [7, 11) is 1.98. The summed E-state index contributed by atoms with van der Waals surface area (Å²) in [6, 6.07) is 0. The predicted octanol–water partition coefficient (Wildman–Crippen LogP) is 2.36. The van der Waals surface area contributed by atoms with E-state index < -0.39 is 0 Å². The highest BCUT2D eigenvalue weighted by molar-refractivity contribution is 4.65. The molecule has 0 amide bonds. The Kier molecular flexibility index (Phi) is 9.49. The summed E-state index contributed by atoms with van der Waals surface area (Å²) >= 11 is 0. The van der Waals surface area contributed by atoms with Crippen LogP contribution in [-0.2, 0) is 4.74 Å². The van der Waals surface area contributed by atoms with E-state index in [9.17, 15) is 0 Å². The van der Waals surface area contributed by atoms with Gasteiger partial charge in [-0.15, -0.1) is 6.58 Å². The fraction of sp³-hybridized carbons (Fsp3) is 0.818. The summed E-state index contributed by atoms with van der Waals surface area (Å²) in [6.45, 7) is 7.77. The zero-order chi connectivity index (χ0) is 9.94. The van der Waals surface area contributed by atoms with Gasteiger partial charge in [0.1, 0.15) is 0 Å². The van der Waals surface area contributed by atoms with Crippen molar-refractivity contribution in [2.24, 2.45) is 0 Å². The first kappa shape index (κ1) is 12.7. The molecule has 78 valence electrons. The number of rotatable bonds is 9. The molecule has 0 saturated carbocycles. The summed E-state index contributed by atoms with van der Waals surface area (Å²) in [5.74, 6) is 0. The number of hydrogen-bond donors (Lipinski definition) is 1. The van der Waals surface area contributed by atoms with Gasteiger partial charge in [-0.2, -0.15) is 0 Å². The minimum atomic E-state index is 0.401. The van der Waals surface area contributed by atoms with E-state index in [1.165, 1.54) is 6.42 Å². The molecule has 0 bridgehead atoms. The average molecular weight is 185 g/mol. The number of ether oxygens (including phenoxy) is 1. The molecule has 0 aromatic carbocycles. The largest absolute Gasteiger partial charge is 0.378 e. The molecule has 1 atom stereocenters. The van der Waals surface area contributed by atoms with Gasteiger partial charge in [0.15, 0.2) is 0 Å². The molecule has 0 aromatic heterocycles. The van der Waals surface area contributed by atoms with Crippen LogP contribution in [0.15, 0.2) is 12.7 Å². The van der Waals surface area contributed by atoms with Crippen LogP contribution in [0, 0.1) is 0 Å². The molecular weight excluding hydrogens is 162 g/mol. The van der Waals surface area contributed by atoms with E-state index in [1.54, 1.807) is 0 Å². The molecule has 1 N–H and O–H groups in total. The Morgan fingerprint density at radius 2 is 2.23 bits per heavy atom. The first-order valence-electron chi connectivity index (χ1n) is 5.18. The Labute approximate surface area is 82.4 Å². The molecule has 0 radical (unpaired) electrons. The Morgan fingerprint density at radius 1 is 1.46 bits per heavy atom. The standard InChI is InChI=1S/C11H23NO/c1-4-5-6-10-13-11(2)8-7-9-12-3/h4,11-12H,1,5-10H2,2-3H3. The van der Waals surface area contributed by atoms with Gasteiger partial charge in [0.2, 0.25) is 0 Å². The van der Waals surface area contributed by atoms with E-state index in [1.807, 2.05) is 13.1 Å². The molecule has 0 aromatic rings. The van der Waals surface area contributed by atoms with Gasteiger partial charge in [-0.3, -0.25) is 0 Å². The van der Waals surface area contributed by atoms with Gasteiger partial charge in [-0.1, -0.05) is 6.08 Å². The maximum absolute atomic E-state index is 5.62. The molecular formula is C11H23NO. The second kappa shape index (κ2) is 9.75. The Bertz CT molecular complexity index is 115. The second-order valence-corrected chi connectivity index (χ2v) is 3.36. The lowest BCUT2D eigenvalue weighted by Crippen LogP contribution is -2.13. The van der Waals surface area contributed by atoms with Gasteiger partial charge in [0, 0.05) is 6.61 Å². The van der Waals surface area contributed by atoms with Gasteiger partial charge in [-0.05, 0) is 46.2 Å². The second-order valence-electron chi connectivity index (χ2n) is 3.36. The van der Waals surface area contributed by atoms with Crippen LogP contribution in [0.3, 0.4) is 0 Å². The summed E-state index contributed by atoms with van der Waals surface area (Å²) in [5.41, 5.74) is 0. The van der Waals surface area contributed by atoms with Crippen molar-refractivity contribution in [1.82, 2.24) is 5.32 Å². The maximum Gasteiger partial charge on any atom is 0.0547 e. The highest BCUT2D eigenvalue weighted by atomic mass is 16.5. The fourth-order valence-corrected chi connectivity index (χ4v) is 1.16. The predicted molar refractivity (Wildman–Crippen MR) is 58.0 cm³/mol. The molecule has 2 nitrogen and oxygen atoms in total. The summed E-state index contributed by atoms with van der Waals surface area (Å²) < 4.78 is 5.62. The normalized spacial score (nSPS) is 12.8. The zero-order valence-electron chi connectivity index (χ0n) is 9.01. The molecule has 13 heavy (non-hydrogen) atoms. The van der Waals surface area contributed by atoms with Crippen molar-refractivity contribution in [2.45, 2.75) is 38.7 Å². The van der Waals surface area contributed by atoms with E-state index in [0.29, 0.717) is 6.10 Å². The van der Waals surface area contributed by atoms with E-state index in [2.05, 4.69) is 18.8 Å². The van der Waals surface area contributed by atoms with Crippen molar-refractivity contribution in [3.8, 4) is 0 Å². The van der Waals surface area contributed by atoms with E-state index in [0.717, 1.165) is 32.4 Å². The van der Waals surface area contributed by atoms with Gasteiger partial charge >= 0.3 is 0 Å². The summed E-state index contributed by atoms with van der Waals surface area (Å²) in [4.78, 5) is 0. The molecule has 0 aliphatic carbocycles. The van der Waals surface area contributed by atoms with Crippen LogP contribution in [-0.4, -0.2) is 26.3 Å². The van der Waals surface area contributed by atoms with Gasteiger partial charge < -0.3 is 10.1 Å². The molecule has 0 saturated heterocycles. The van der Waals surface area contributed by atoms with Crippen LogP contribution in [0.2, 0.25) is 0 Å². The zero-order valence-corrected chi connectivity index (χ0v) is 9.01. The lowest BCUT2D eigenvalue weighted by atomic mass is 10.2. The summed E-state index contributed by atoms with van der Waals surface area (Å²) in [5, 5.41) is 3.13. The van der Waals surface area contributed by atoms with Gasteiger partial charge in [0.25, 0.3) is 0 Å². The van der Waals surface area contributed by atoms with Crippen molar-refractivity contribution in [3.05, 3.63) is 12.7 Å². The quantitative estimate of drug-likeness (QED) is 0.440. The number of unbranched alkanes of at least 4 members (excludes halogenated alkanes) is 1. The third-order valence-corrected chi connectivity index (χ3v) is 1.99. The molecule has 0 fully saturated rings. The third kappa shape index (κ3) is 9.57. The first-order valence-corrected chi connectivity index (χ1v) is 5.18. The van der Waals surface area contributed by atoms with Crippen LogP contribution in [0.25, 0.3) is 0 Å². The molecule has 0 aliphatic rings. The van der Waals surface area contributed by atoms with Crippen molar-refractivity contribution < 1.29 is 4.74 Å². The monoisotopic (exact) mass is 185 g/mol.